The highest BCUT2D eigenvalue weighted by molar-refractivity contribution is 5.89. The van der Waals surface area contributed by atoms with Gasteiger partial charge >= 0.3 is 5.97 Å². The van der Waals surface area contributed by atoms with E-state index in [1.54, 1.807) is 26.4 Å². The first kappa shape index (κ1) is 14.0. The summed E-state index contributed by atoms with van der Waals surface area (Å²) in [5.41, 5.74) is 0.567. The zero-order chi connectivity index (χ0) is 13.7. The van der Waals surface area contributed by atoms with Crippen LogP contribution in [0.3, 0.4) is 0 Å². The van der Waals surface area contributed by atoms with Gasteiger partial charge in [0.1, 0.15) is 12.2 Å². The van der Waals surface area contributed by atoms with Crippen molar-refractivity contribution in [2.75, 3.05) is 14.2 Å². The van der Waals surface area contributed by atoms with E-state index in [9.17, 15) is 4.79 Å². The van der Waals surface area contributed by atoms with Crippen molar-refractivity contribution in [1.29, 1.82) is 0 Å². The summed E-state index contributed by atoms with van der Waals surface area (Å²) in [5, 5.41) is 0. The number of esters is 1. The fourth-order valence-corrected chi connectivity index (χ4v) is 2.55. The molecule has 0 spiro atoms. The van der Waals surface area contributed by atoms with Crippen LogP contribution in [0.5, 0.6) is 0 Å². The van der Waals surface area contributed by atoms with E-state index in [0.717, 1.165) is 19.3 Å². The lowest BCUT2D eigenvalue weighted by molar-refractivity contribution is -0.121. The fraction of sp³-hybridized carbons (Fsp3) is 0.533. The Hall–Kier alpha value is -1.39. The van der Waals surface area contributed by atoms with Gasteiger partial charge < -0.3 is 14.2 Å². The molecule has 0 N–H and O–H groups in total. The van der Waals surface area contributed by atoms with Crippen molar-refractivity contribution in [3.63, 3.8) is 0 Å². The number of hydrogen-bond donors (Lipinski definition) is 0. The van der Waals surface area contributed by atoms with Gasteiger partial charge in [-0.2, -0.15) is 0 Å². The molecule has 1 aromatic carbocycles. The molecule has 0 aliphatic heterocycles. The lowest BCUT2D eigenvalue weighted by Crippen LogP contribution is -2.45. The summed E-state index contributed by atoms with van der Waals surface area (Å²) in [7, 11) is 3.30. The average Bonchev–Trinajstić information content (AvgIpc) is 2.47. The third-order valence-corrected chi connectivity index (χ3v) is 3.55. The van der Waals surface area contributed by atoms with Gasteiger partial charge in [-0.1, -0.05) is 18.2 Å². The minimum absolute atomic E-state index is 0.00711. The number of carbonyl (C=O) groups is 1. The second kappa shape index (κ2) is 6.68. The van der Waals surface area contributed by atoms with Crippen LogP contribution in [-0.4, -0.2) is 38.5 Å². The minimum atomic E-state index is -0.301. The van der Waals surface area contributed by atoms with Crippen LogP contribution in [0.15, 0.2) is 30.3 Å². The van der Waals surface area contributed by atoms with Crippen molar-refractivity contribution in [1.82, 2.24) is 0 Å². The quantitative estimate of drug-likeness (QED) is 0.783. The summed E-state index contributed by atoms with van der Waals surface area (Å²) in [6, 6.07) is 9.02. The number of ether oxygens (including phenoxy) is 3. The van der Waals surface area contributed by atoms with E-state index >= 15 is 0 Å². The fourth-order valence-electron chi connectivity index (χ4n) is 2.55. The maximum absolute atomic E-state index is 12.1. The van der Waals surface area contributed by atoms with Gasteiger partial charge in [0.25, 0.3) is 0 Å². The molecule has 104 valence electrons. The van der Waals surface area contributed by atoms with Gasteiger partial charge in [-0.3, -0.25) is 0 Å². The molecule has 1 aromatic rings. The Morgan fingerprint density at radius 2 is 1.74 bits per heavy atom. The first-order valence-electron chi connectivity index (χ1n) is 6.58. The zero-order valence-electron chi connectivity index (χ0n) is 11.4. The Morgan fingerprint density at radius 1 is 1.05 bits per heavy atom. The van der Waals surface area contributed by atoms with Crippen molar-refractivity contribution >= 4 is 5.97 Å². The standard InChI is InChI=1S/C15H20O4/c1-17-12-9-6-10-13(14(12)18-2)19-15(16)11-7-4-3-5-8-11/h3-5,7-8,12-14H,6,9-10H2,1-2H3/t12?,13-,14?/m1/s1. The number of methoxy groups -OCH3 is 2. The van der Waals surface area contributed by atoms with Crippen molar-refractivity contribution in [3.8, 4) is 0 Å². The van der Waals surface area contributed by atoms with Crippen LogP contribution in [0.2, 0.25) is 0 Å². The molecule has 0 amide bonds. The van der Waals surface area contributed by atoms with Gasteiger partial charge in [0.15, 0.2) is 0 Å². The second-order valence-corrected chi connectivity index (χ2v) is 4.72. The Balaban J connectivity index is 2.03. The molecule has 1 saturated carbocycles. The minimum Gasteiger partial charge on any atom is -0.456 e. The maximum Gasteiger partial charge on any atom is 0.338 e. The summed E-state index contributed by atoms with van der Waals surface area (Å²) in [5.74, 6) is -0.301. The highest BCUT2D eigenvalue weighted by atomic mass is 16.6. The third kappa shape index (κ3) is 3.33. The van der Waals surface area contributed by atoms with Gasteiger partial charge in [0.2, 0.25) is 0 Å². The lowest BCUT2D eigenvalue weighted by Gasteiger charge is -2.35. The van der Waals surface area contributed by atoms with Crippen LogP contribution < -0.4 is 0 Å². The smallest absolute Gasteiger partial charge is 0.338 e. The molecule has 19 heavy (non-hydrogen) atoms. The number of carbonyl (C=O) groups excluding carboxylic acids is 1. The highest BCUT2D eigenvalue weighted by Gasteiger charge is 2.36. The number of benzene rings is 1. The van der Waals surface area contributed by atoms with E-state index in [1.807, 2.05) is 18.2 Å². The first-order chi connectivity index (χ1) is 9.26. The van der Waals surface area contributed by atoms with E-state index < -0.39 is 0 Å². The Morgan fingerprint density at radius 3 is 2.37 bits per heavy atom. The maximum atomic E-state index is 12.1. The molecule has 0 saturated heterocycles. The van der Waals surface area contributed by atoms with Crippen LogP contribution in [0, 0.1) is 0 Å². The molecular weight excluding hydrogens is 244 g/mol. The van der Waals surface area contributed by atoms with Gasteiger partial charge in [-0.25, -0.2) is 4.79 Å². The van der Waals surface area contributed by atoms with Crippen molar-refractivity contribution < 1.29 is 19.0 Å². The monoisotopic (exact) mass is 264 g/mol. The number of rotatable bonds is 4. The van der Waals surface area contributed by atoms with Gasteiger partial charge in [0.05, 0.1) is 11.7 Å². The molecule has 2 rings (SSSR count). The van der Waals surface area contributed by atoms with Crippen LogP contribution >= 0.6 is 0 Å². The largest absolute Gasteiger partial charge is 0.456 e. The van der Waals surface area contributed by atoms with Crippen LogP contribution in [0.25, 0.3) is 0 Å². The van der Waals surface area contributed by atoms with Crippen molar-refractivity contribution in [2.24, 2.45) is 0 Å². The predicted octanol–water partition coefficient (Wildman–Crippen LogP) is 2.43. The topological polar surface area (TPSA) is 44.8 Å². The van der Waals surface area contributed by atoms with E-state index in [4.69, 9.17) is 14.2 Å². The molecule has 3 atom stereocenters. The molecule has 0 bridgehead atoms. The SMILES string of the molecule is COC1CCC[C@@H](OC(=O)c2ccccc2)C1OC. The molecule has 0 heterocycles. The molecular formula is C15H20O4. The summed E-state index contributed by atoms with van der Waals surface area (Å²) < 4.78 is 16.4. The molecule has 4 heteroatoms. The molecule has 0 radical (unpaired) electrons. The Bertz CT molecular complexity index is 404. The molecule has 2 unspecified atom stereocenters. The molecule has 4 nitrogen and oxygen atoms in total. The summed E-state index contributed by atoms with van der Waals surface area (Å²) in [6.45, 7) is 0. The Kier molecular flexibility index (Phi) is 4.93. The molecule has 1 aliphatic rings. The molecule has 1 aliphatic carbocycles. The zero-order valence-corrected chi connectivity index (χ0v) is 11.4. The summed E-state index contributed by atoms with van der Waals surface area (Å²) in [6.07, 6.45) is 2.30. The number of hydrogen-bond acceptors (Lipinski definition) is 4. The normalized spacial score (nSPS) is 26.9. The van der Waals surface area contributed by atoms with E-state index in [0.29, 0.717) is 5.56 Å². The molecule has 1 fully saturated rings. The predicted molar refractivity (Wildman–Crippen MR) is 71.1 cm³/mol. The second-order valence-electron chi connectivity index (χ2n) is 4.72. The van der Waals surface area contributed by atoms with Crippen LogP contribution in [0.4, 0.5) is 0 Å². The van der Waals surface area contributed by atoms with Crippen molar-refractivity contribution in [2.45, 2.75) is 37.6 Å². The van der Waals surface area contributed by atoms with Gasteiger partial charge in [0, 0.05) is 14.2 Å². The highest BCUT2D eigenvalue weighted by Crippen LogP contribution is 2.26. The van der Waals surface area contributed by atoms with Crippen LogP contribution in [-0.2, 0) is 14.2 Å². The summed E-state index contributed by atoms with van der Waals surface area (Å²) >= 11 is 0. The van der Waals surface area contributed by atoms with Crippen molar-refractivity contribution in [3.05, 3.63) is 35.9 Å². The lowest BCUT2D eigenvalue weighted by atomic mass is 9.91. The van der Waals surface area contributed by atoms with Gasteiger partial charge in [-0.15, -0.1) is 0 Å². The average molecular weight is 264 g/mol. The van der Waals surface area contributed by atoms with E-state index in [-0.39, 0.29) is 24.3 Å². The Labute approximate surface area is 113 Å². The van der Waals surface area contributed by atoms with E-state index in [1.165, 1.54) is 0 Å². The molecule has 0 aromatic heterocycles. The third-order valence-electron chi connectivity index (χ3n) is 3.55. The summed E-state index contributed by atoms with van der Waals surface area (Å²) in [4.78, 5) is 12.1. The van der Waals surface area contributed by atoms with Gasteiger partial charge in [-0.05, 0) is 31.4 Å². The first-order valence-corrected chi connectivity index (χ1v) is 6.58. The van der Waals surface area contributed by atoms with E-state index in [2.05, 4.69) is 0 Å². The van der Waals surface area contributed by atoms with Crippen LogP contribution in [0.1, 0.15) is 29.6 Å².